The highest BCUT2D eigenvalue weighted by molar-refractivity contribution is 6.29. The van der Waals surface area contributed by atoms with Crippen LogP contribution in [0, 0.1) is 11.6 Å². The molecule has 2 aliphatic heterocycles. The Hall–Kier alpha value is -6.29. The molecule has 2 saturated carbocycles. The summed E-state index contributed by atoms with van der Waals surface area (Å²) in [7, 11) is 1.79. The van der Waals surface area contributed by atoms with Crippen molar-refractivity contribution in [2.45, 2.75) is 100 Å². The molecule has 4 aromatic carbocycles. The number of nitrogens with zero attached hydrogens (tertiary/aromatic N) is 5. The first-order valence-corrected chi connectivity index (χ1v) is 23.4. The molecular formula is C51H52ClF2N7O6. The third-order valence-electron chi connectivity index (χ3n) is 13.7. The Bertz CT molecular complexity index is 2790. The number of anilines is 2. The molecule has 0 radical (unpaired) electrons. The molecule has 2 fully saturated rings. The molecule has 4 aliphatic rings. The van der Waals surface area contributed by atoms with Crippen LogP contribution in [-0.4, -0.2) is 86.4 Å². The van der Waals surface area contributed by atoms with E-state index in [2.05, 4.69) is 25.6 Å². The minimum absolute atomic E-state index is 0.00648. The molecule has 2 aromatic heterocycles. The van der Waals surface area contributed by atoms with Crippen molar-refractivity contribution in [3.05, 3.63) is 131 Å². The van der Waals surface area contributed by atoms with Crippen molar-refractivity contribution < 1.29 is 38.1 Å². The van der Waals surface area contributed by atoms with Gasteiger partial charge in [-0.1, -0.05) is 60.8 Å². The SMILES string of the molecule is Cn1cc2c(-c3cc(F)c(CN4CC(C(=O)N[C@H]5CCCC[C@@H]5O)Oc5cc(C6CC[C@H](NC(=O)C7CN(Cc8ccc(Cl)nc8)c8ccccc8O7)[C@@H](O)C6)ccc54)c(F)c3)cccc2n1. The second kappa shape index (κ2) is 18.8. The highest BCUT2D eigenvalue weighted by Crippen LogP contribution is 2.42. The Morgan fingerprint density at radius 2 is 1.48 bits per heavy atom. The van der Waals surface area contributed by atoms with Crippen LogP contribution in [0.25, 0.3) is 22.0 Å². The van der Waals surface area contributed by atoms with Gasteiger partial charge in [0.25, 0.3) is 11.8 Å². The molecule has 0 bridgehead atoms. The maximum absolute atomic E-state index is 16.2. The van der Waals surface area contributed by atoms with Crippen LogP contribution in [0.3, 0.4) is 0 Å². The Balaban J connectivity index is 0.853. The number of aryl methyl sites for hydroxylation is 1. The number of aliphatic hydroxyl groups excluding tert-OH is 2. The van der Waals surface area contributed by atoms with E-state index in [1.807, 2.05) is 66.9 Å². The minimum Gasteiger partial charge on any atom is -0.477 e. The van der Waals surface area contributed by atoms with E-state index in [4.69, 9.17) is 21.1 Å². The normalized spacial score (nSPS) is 23.7. The molecule has 0 spiro atoms. The lowest BCUT2D eigenvalue weighted by Crippen LogP contribution is -2.54. The van der Waals surface area contributed by atoms with E-state index in [1.54, 1.807) is 35.0 Å². The first-order chi connectivity index (χ1) is 32.4. The number of rotatable bonds is 10. The van der Waals surface area contributed by atoms with Crippen molar-refractivity contribution in [1.82, 2.24) is 25.4 Å². The van der Waals surface area contributed by atoms with Crippen molar-refractivity contribution in [3.63, 3.8) is 0 Å². The van der Waals surface area contributed by atoms with Crippen LogP contribution in [0.2, 0.25) is 5.15 Å². The van der Waals surface area contributed by atoms with Crippen LogP contribution < -0.4 is 29.9 Å². The van der Waals surface area contributed by atoms with Gasteiger partial charge in [0, 0.05) is 43.5 Å². The summed E-state index contributed by atoms with van der Waals surface area (Å²) in [6.45, 7) is 0.602. The number of hydrogen-bond donors (Lipinski definition) is 4. The zero-order chi connectivity index (χ0) is 46.3. The molecule has 4 heterocycles. The molecule has 7 atom stereocenters. The van der Waals surface area contributed by atoms with Gasteiger partial charge in [-0.2, -0.15) is 5.10 Å². The van der Waals surface area contributed by atoms with Crippen LogP contribution in [0.4, 0.5) is 20.2 Å². The van der Waals surface area contributed by atoms with Crippen LogP contribution in [0.1, 0.15) is 67.6 Å². The quantitative estimate of drug-likeness (QED) is 0.103. The van der Waals surface area contributed by atoms with E-state index < -0.39 is 54.0 Å². The van der Waals surface area contributed by atoms with Crippen molar-refractivity contribution in [2.75, 3.05) is 22.9 Å². The minimum atomic E-state index is -1.05. The lowest BCUT2D eigenvalue weighted by Gasteiger charge is -2.39. The van der Waals surface area contributed by atoms with Gasteiger partial charge in [-0.25, -0.2) is 13.8 Å². The molecule has 348 valence electrons. The first kappa shape index (κ1) is 44.5. The van der Waals surface area contributed by atoms with Crippen molar-refractivity contribution in [1.29, 1.82) is 0 Å². The average Bonchev–Trinajstić information content (AvgIpc) is 3.72. The summed E-state index contributed by atoms with van der Waals surface area (Å²) < 4.78 is 46.6. The topological polar surface area (TPSA) is 154 Å². The Morgan fingerprint density at radius 1 is 0.776 bits per heavy atom. The summed E-state index contributed by atoms with van der Waals surface area (Å²) in [5.74, 6) is -1.36. The van der Waals surface area contributed by atoms with Gasteiger partial charge in [-0.15, -0.1) is 0 Å². The van der Waals surface area contributed by atoms with E-state index >= 15 is 8.78 Å². The number of para-hydroxylation sites is 2. The van der Waals surface area contributed by atoms with Gasteiger partial charge >= 0.3 is 0 Å². The second-order valence-electron chi connectivity index (χ2n) is 18.3. The van der Waals surface area contributed by atoms with E-state index in [0.717, 1.165) is 35.0 Å². The zero-order valence-corrected chi connectivity index (χ0v) is 37.7. The highest BCUT2D eigenvalue weighted by atomic mass is 35.5. The fourth-order valence-electron chi connectivity index (χ4n) is 10.2. The summed E-state index contributed by atoms with van der Waals surface area (Å²) in [6.07, 6.45) is 4.54. The number of nitrogens with one attached hydrogen (secondary N) is 2. The summed E-state index contributed by atoms with van der Waals surface area (Å²) in [5, 5.41) is 33.9. The number of aliphatic hydroxyl groups is 2. The second-order valence-corrected chi connectivity index (χ2v) is 18.7. The molecule has 0 saturated heterocycles. The number of fused-ring (bicyclic) bond motifs is 3. The number of halogens is 3. The van der Waals surface area contributed by atoms with Crippen molar-refractivity contribution in [3.8, 4) is 22.6 Å². The van der Waals surface area contributed by atoms with Crippen LogP contribution in [0.15, 0.2) is 97.3 Å². The molecule has 67 heavy (non-hydrogen) atoms. The Kier molecular flexibility index (Phi) is 12.5. The number of amides is 2. The third-order valence-corrected chi connectivity index (χ3v) is 14.0. The number of ether oxygens (including phenoxy) is 2. The summed E-state index contributed by atoms with van der Waals surface area (Å²) in [5.41, 5.74) is 4.80. The van der Waals surface area contributed by atoms with E-state index in [-0.39, 0.29) is 37.0 Å². The van der Waals surface area contributed by atoms with Gasteiger partial charge in [-0.3, -0.25) is 14.3 Å². The van der Waals surface area contributed by atoms with Gasteiger partial charge in [0.15, 0.2) is 12.2 Å². The molecule has 6 aromatic rings. The lowest BCUT2D eigenvalue weighted by atomic mass is 9.79. The maximum Gasteiger partial charge on any atom is 0.263 e. The highest BCUT2D eigenvalue weighted by Gasteiger charge is 2.38. The number of pyridine rings is 1. The van der Waals surface area contributed by atoms with Crippen molar-refractivity contribution in [2.24, 2.45) is 7.05 Å². The molecule has 16 heteroatoms. The van der Waals surface area contributed by atoms with Gasteiger partial charge in [-0.05, 0) is 109 Å². The van der Waals surface area contributed by atoms with Gasteiger partial charge < -0.3 is 40.1 Å². The van der Waals surface area contributed by atoms with Crippen LogP contribution in [-0.2, 0) is 29.7 Å². The van der Waals surface area contributed by atoms with Crippen molar-refractivity contribution >= 4 is 45.7 Å². The molecule has 2 amide bonds. The average molecular weight is 932 g/mol. The molecule has 13 nitrogen and oxygen atoms in total. The number of carbonyl (C=O) groups is 2. The molecule has 4 N–H and O–H groups in total. The van der Waals surface area contributed by atoms with Gasteiger partial charge in [0.05, 0.1) is 54.3 Å². The van der Waals surface area contributed by atoms with E-state index in [0.29, 0.717) is 77.6 Å². The van der Waals surface area contributed by atoms with Gasteiger partial charge in [0.2, 0.25) is 0 Å². The summed E-state index contributed by atoms with van der Waals surface area (Å²) in [4.78, 5) is 35.7. The fraction of sp³-hybridized carbons (Fsp3) is 0.373. The maximum atomic E-state index is 16.2. The first-order valence-electron chi connectivity index (χ1n) is 23.0. The summed E-state index contributed by atoms with van der Waals surface area (Å²) in [6, 6.07) is 24.0. The molecular weight excluding hydrogens is 880 g/mol. The number of carbonyl (C=O) groups excluding carboxylic acids is 2. The predicted octanol–water partition coefficient (Wildman–Crippen LogP) is 7.34. The fourth-order valence-corrected chi connectivity index (χ4v) is 10.3. The molecule has 3 unspecified atom stereocenters. The smallest absolute Gasteiger partial charge is 0.263 e. The number of hydrogen-bond acceptors (Lipinski definition) is 10. The molecule has 2 aliphatic carbocycles. The standard InChI is InChI=1S/C51H52ClF2N7O6/c1-59-25-34-33(7-6-9-38(34)58-59)32-19-36(53)35(37(54)20-32)26-61-28-48(51(65)56-39-8-2-4-11-43(39)62)67-46-22-31(15-17-42(46)61)30-14-16-40(44(63)21-30)57-50(64)47-27-60(24-29-13-18-49(52)55-23-29)41-10-3-5-12-45(41)66-47/h3,5-7,9-10,12-13,15,17-20,22-23,25,30,39-40,43-44,47-48,62-63H,2,4,8,11,14,16,21,24,26-28H2,1H3,(H,56,65)(H,57,64)/t30?,39-,40-,43-,44-,47?,48?/m0/s1. The third kappa shape index (κ3) is 9.37. The predicted molar refractivity (Wildman–Crippen MR) is 250 cm³/mol. The lowest BCUT2D eigenvalue weighted by molar-refractivity contribution is -0.130. The van der Waals surface area contributed by atoms with E-state index in [1.165, 1.54) is 12.1 Å². The largest absolute Gasteiger partial charge is 0.477 e. The number of benzene rings is 4. The monoisotopic (exact) mass is 931 g/mol. The van der Waals surface area contributed by atoms with Crippen LogP contribution in [0.5, 0.6) is 11.5 Å². The number of aromatic nitrogens is 3. The summed E-state index contributed by atoms with van der Waals surface area (Å²) >= 11 is 6.02. The zero-order valence-electron chi connectivity index (χ0n) is 37.0. The Morgan fingerprint density at radius 3 is 2.21 bits per heavy atom. The van der Waals surface area contributed by atoms with E-state index in [9.17, 15) is 19.8 Å². The Labute approximate surface area is 391 Å². The molecule has 10 rings (SSSR count). The van der Waals surface area contributed by atoms with Crippen LogP contribution >= 0.6 is 11.6 Å². The van der Waals surface area contributed by atoms with Gasteiger partial charge in [0.1, 0.15) is 28.3 Å².